The summed E-state index contributed by atoms with van der Waals surface area (Å²) in [7, 11) is 0. The minimum Gasteiger partial charge on any atom is -0.478 e. The van der Waals surface area contributed by atoms with Gasteiger partial charge in [0.05, 0.1) is 6.20 Å². The highest BCUT2D eigenvalue weighted by molar-refractivity contribution is 6.03. The van der Waals surface area contributed by atoms with Gasteiger partial charge in [-0.1, -0.05) is 12.1 Å². The van der Waals surface area contributed by atoms with Crippen molar-refractivity contribution < 1.29 is 14.7 Å². The second-order valence-corrected chi connectivity index (χ2v) is 6.16. The Morgan fingerprint density at radius 2 is 2.19 bits per heavy atom. The fourth-order valence-corrected chi connectivity index (χ4v) is 2.97. The van der Waals surface area contributed by atoms with Gasteiger partial charge < -0.3 is 15.4 Å². The lowest BCUT2D eigenvalue weighted by Gasteiger charge is -2.17. The zero-order valence-electron chi connectivity index (χ0n) is 14.5. The average molecular weight is 362 g/mol. The molecule has 7 nitrogen and oxygen atoms in total. The Bertz CT molecular complexity index is 979. The van der Waals surface area contributed by atoms with Crippen LogP contribution >= 0.6 is 0 Å². The van der Waals surface area contributed by atoms with Crippen molar-refractivity contribution in [3.05, 3.63) is 59.2 Å². The number of amides is 1. The molecular weight excluding hydrogens is 344 g/mol. The number of allylic oxidation sites excluding steroid dienone is 2. The normalized spacial score (nSPS) is 13.8. The molecule has 7 heteroatoms. The van der Waals surface area contributed by atoms with Gasteiger partial charge in [-0.2, -0.15) is 5.26 Å². The number of carbonyl (C=O) groups excluding carboxylic acids is 1. The standard InChI is InChI=1S/C20H18N4O3/c21-11-15-12-22-19(23-15)20(27)24-17-8-6-13(7-9-18(25)26)10-16(17)14-4-2-1-3-5-14/h4,6-10,12H,1-3,5H2,(H,22,23)(H,24,27)(H,25,26)/b9-7-. The van der Waals surface area contributed by atoms with E-state index in [1.54, 1.807) is 12.1 Å². The van der Waals surface area contributed by atoms with Crippen molar-refractivity contribution in [2.75, 3.05) is 5.32 Å². The van der Waals surface area contributed by atoms with Crippen LogP contribution in [0.2, 0.25) is 0 Å². The van der Waals surface area contributed by atoms with Crippen molar-refractivity contribution in [1.29, 1.82) is 5.26 Å². The maximum absolute atomic E-state index is 12.5. The molecule has 0 saturated carbocycles. The summed E-state index contributed by atoms with van der Waals surface area (Å²) < 4.78 is 0. The van der Waals surface area contributed by atoms with Crippen molar-refractivity contribution in [2.24, 2.45) is 0 Å². The van der Waals surface area contributed by atoms with E-state index in [0.29, 0.717) is 5.69 Å². The van der Waals surface area contributed by atoms with Gasteiger partial charge in [-0.15, -0.1) is 0 Å². The molecular formula is C20H18N4O3. The number of carbonyl (C=O) groups is 2. The lowest BCUT2D eigenvalue weighted by atomic mass is 9.91. The largest absolute Gasteiger partial charge is 0.478 e. The zero-order chi connectivity index (χ0) is 19.2. The summed E-state index contributed by atoms with van der Waals surface area (Å²) >= 11 is 0. The van der Waals surface area contributed by atoms with Gasteiger partial charge >= 0.3 is 5.97 Å². The molecule has 1 aliphatic rings. The smallest absolute Gasteiger partial charge is 0.328 e. The molecule has 0 fully saturated rings. The minimum atomic E-state index is -1.02. The van der Waals surface area contributed by atoms with Crippen LogP contribution in [0.25, 0.3) is 11.6 Å². The minimum absolute atomic E-state index is 0.0602. The molecule has 3 rings (SSSR count). The van der Waals surface area contributed by atoms with Gasteiger partial charge in [0.15, 0.2) is 5.82 Å². The van der Waals surface area contributed by atoms with E-state index in [1.165, 1.54) is 12.3 Å². The van der Waals surface area contributed by atoms with E-state index in [9.17, 15) is 9.59 Å². The Kier molecular flexibility index (Phi) is 5.47. The summed E-state index contributed by atoms with van der Waals surface area (Å²) in [6.07, 6.45) is 10.1. The number of hydrogen-bond donors (Lipinski definition) is 3. The number of carboxylic acid groups (broad SMARTS) is 1. The van der Waals surface area contributed by atoms with Crippen molar-refractivity contribution in [2.45, 2.75) is 25.7 Å². The predicted octanol–water partition coefficient (Wildman–Crippen LogP) is 3.59. The van der Waals surface area contributed by atoms with E-state index in [4.69, 9.17) is 10.4 Å². The first-order valence-electron chi connectivity index (χ1n) is 8.58. The molecule has 27 heavy (non-hydrogen) atoms. The Morgan fingerprint density at radius 1 is 1.33 bits per heavy atom. The van der Waals surface area contributed by atoms with Gasteiger partial charge in [0.25, 0.3) is 5.91 Å². The van der Waals surface area contributed by atoms with Gasteiger partial charge in [-0.05, 0) is 55.0 Å². The van der Waals surface area contributed by atoms with Crippen LogP contribution in [0, 0.1) is 11.3 Å². The topological polar surface area (TPSA) is 119 Å². The first-order chi connectivity index (χ1) is 13.1. The van der Waals surface area contributed by atoms with E-state index < -0.39 is 11.9 Å². The van der Waals surface area contributed by atoms with Crippen LogP contribution in [0.1, 0.15) is 53.1 Å². The third kappa shape index (κ3) is 4.50. The second kappa shape index (κ2) is 8.15. The number of hydrogen-bond acceptors (Lipinski definition) is 4. The summed E-state index contributed by atoms with van der Waals surface area (Å²) in [5, 5.41) is 20.5. The third-order valence-electron chi connectivity index (χ3n) is 4.26. The summed E-state index contributed by atoms with van der Waals surface area (Å²) in [6.45, 7) is 0. The van der Waals surface area contributed by atoms with Crippen molar-refractivity contribution in [1.82, 2.24) is 9.97 Å². The van der Waals surface area contributed by atoms with Crippen molar-refractivity contribution in [3.8, 4) is 6.07 Å². The van der Waals surface area contributed by atoms with Crippen LogP contribution in [-0.2, 0) is 4.79 Å². The summed E-state index contributed by atoms with van der Waals surface area (Å²) in [6, 6.07) is 7.26. The van der Waals surface area contributed by atoms with Gasteiger partial charge in [0, 0.05) is 17.3 Å². The van der Waals surface area contributed by atoms with Crippen LogP contribution in [0.15, 0.2) is 36.5 Å². The molecule has 1 aromatic carbocycles. The summed E-state index contributed by atoms with van der Waals surface area (Å²) in [4.78, 5) is 29.8. The SMILES string of the molecule is N#Cc1cnc(C(=O)Nc2ccc(/C=C\C(=O)O)cc2C2=CCCCC2)[nH]1. The highest BCUT2D eigenvalue weighted by atomic mass is 16.4. The molecule has 1 aliphatic carbocycles. The number of nitrogens with zero attached hydrogens (tertiary/aromatic N) is 2. The second-order valence-electron chi connectivity index (χ2n) is 6.16. The molecule has 0 aliphatic heterocycles. The van der Waals surface area contributed by atoms with Gasteiger partial charge in [0.1, 0.15) is 11.8 Å². The number of aliphatic carboxylic acids is 1. The van der Waals surface area contributed by atoms with Crippen LogP contribution in [-0.4, -0.2) is 27.0 Å². The summed E-state index contributed by atoms with van der Waals surface area (Å²) in [5.41, 5.74) is 3.56. The number of nitriles is 1. The zero-order valence-corrected chi connectivity index (χ0v) is 14.5. The molecule has 0 radical (unpaired) electrons. The highest BCUT2D eigenvalue weighted by Crippen LogP contribution is 2.33. The number of aromatic amines is 1. The molecule has 0 bridgehead atoms. The summed E-state index contributed by atoms with van der Waals surface area (Å²) in [5.74, 6) is -1.40. The van der Waals surface area contributed by atoms with Gasteiger partial charge in [-0.25, -0.2) is 9.78 Å². The highest BCUT2D eigenvalue weighted by Gasteiger charge is 2.16. The number of carboxylic acids is 1. The molecule has 0 spiro atoms. The third-order valence-corrected chi connectivity index (χ3v) is 4.26. The number of nitrogens with one attached hydrogen (secondary N) is 2. The number of anilines is 1. The molecule has 3 N–H and O–H groups in total. The number of benzene rings is 1. The number of rotatable bonds is 5. The van der Waals surface area contributed by atoms with Crippen LogP contribution in [0.3, 0.4) is 0 Å². The first-order valence-corrected chi connectivity index (χ1v) is 8.58. The maximum Gasteiger partial charge on any atom is 0.328 e. The quantitative estimate of drug-likeness (QED) is 0.702. The number of aromatic nitrogens is 2. The van der Waals surface area contributed by atoms with E-state index in [2.05, 4.69) is 21.4 Å². The van der Waals surface area contributed by atoms with Gasteiger partial charge in [-0.3, -0.25) is 4.79 Å². The Hall–Kier alpha value is -3.66. The first kappa shape index (κ1) is 18.1. The van der Waals surface area contributed by atoms with Gasteiger partial charge in [0.2, 0.25) is 0 Å². The lowest BCUT2D eigenvalue weighted by molar-refractivity contribution is -0.131. The van der Waals surface area contributed by atoms with Crippen molar-refractivity contribution in [3.63, 3.8) is 0 Å². The average Bonchev–Trinajstić information content (AvgIpc) is 3.17. The number of H-pyrrole nitrogens is 1. The molecule has 0 saturated heterocycles. The van der Waals surface area contributed by atoms with E-state index >= 15 is 0 Å². The monoisotopic (exact) mass is 362 g/mol. The molecule has 0 atom stereocenters. The maximum atomic E-state index is 12.5. The fourth-order valence-electron chi connectivity index (χ4n) is 2.97. The molecule has 1 heterocycles. The molecule has 2 aromatic rings. The molecule has 1 aromatic heterocycles. The molecule has 136 valence electrons. The Balaban J connectivity index is 1.93. The van der Waals surface area contributed by atoms with Crippen molar-refractivity contribution >= 4 is 29.2 Å². The fraction of sp³-hybridized carbons (Fsp3) is 0.200. The van der Waals surface area contributed by atoms with E-state index in [1.807, 2.05) is 12.1 Å². The van der Waals surface area contributed by atoms with E-state index in [0.717, 1.165) is 48.5 Å². The molecule has 0 unspecified atom stereocenters. The lowest BCUT2D eigenvalue weighted by Crippen LogP contribution is -2.15. The Morgan fingerprint density at radius 3 is 2.85 bits per heavy atom. The van der Waals surface area contributed by atoms with Crippen LogP contribution in [0.5, 0.6) is 0 Å². The van der Waals surface area contributed by atoms with E-state index in [-0.39, 0.29) is 11.5 Å². The number of imidazole rings is 1. The predicted molar refractivity (Wildman–Crippen MR) is 101 cm³/mol. The van der Waals surface area contributed by atoms with Crippen LogP contribution in [0.4, 0.5) is 5.69 Å². The van der Waals surface area contributed by atoms with Crippen LogP contribution < -0.4 is 5.32 Å². The molecule has 1 amide bonds. The Labute approximate surface area is 156 Å².